The first-order valence-electron chi connectivity index (χ1n) is 7.52. The second kappa shape index (κ2) is 8.58. The highest BCUT2D eigenvalue weighted by atomic mass is 32.2. The summed E-state index contributed by atoms with van der Waals surface area (Å²) in [7, 11) is -3.94. The van der Waals surface area contributed by atoms with E-state index >= 15 is 0 Å². The normalized spacial score (nSPS) is 12.4. The van der Waals surface area contributed by atoms with Gasteiger partial charge < -0.3 is 5.32 Å². The number of amides is 3. The SMILES string of the molecule is CC(=O)Nc1ccc(S(=O)(=O)N[C@@H](C)C(=O)NNC(=O)C(C)C)cc1. The molecule has 1 atom stereocenters. The molecule has 25 heavy (non-hydrogen) atoms. The molecule has 0 spiro atoms. The van der Waals surface area contributed by atoms with Gasteiger partial charge in [-0.3, -0.25) is 25.2 Å². The maximum Gasteiger partial charge on any atom is 0.256 e. The number of hydrogen-bond acceptors (Lipinski definition) is 5. The fourth-order valence-corrected chi connectivity index (χ4v) is 2.85. The lowest BCUT2D eigenvalue weighted by atomic mass is 10.2. The molecule has 4 N–H and O–H groups in total. The van der Waals surface area contributed by atoms with Crippen molar-refractivity contribution in [2.75, 3.05) is 5.32 Å². The molecular formula is C15H22N4O5S. The minimum atomic E-state index is -3.94. The Kier molecular flexibility index (Phi) is 7.07. The van der Waals surface area contributed by atoms with Crippen molar-refractivity contribution >= 4 is 33.4 Å². The van der Waals surface area contributed by atoms with Gasteiger partial charge in [-0.25, -0.2) is 8.42 Å². The zero-order chi connectivity index (χ0) is 19.2. The molecule has 0 aliphatic rings. The van der Waals surface area contributed by atoms with E-state index in [4.69, 9.17) is 0 Å². The molecule has 0 unspecified atom stereocenters. The summed E-state index contributed by atoms with van der Waals surface area (Å²) in [5.74, 6) is -1.69. The minimum absolute atomic E-state index is 0.0625. The lowest BCUT2D eigenvalue weighted by molar-refractivity contribution is -0.131. The molecule has 10 heteroatoms. The zero-order valence-corrected chi connectivity index (χ0v) is 15.2. The Hall–Kier alpha value is -2.46. The number of anilines is 1. The standard InChI is InChI=1S/C15H22N4O5S/c1-9(2)14(21)17-18-15(22)10(3)19-25(23,24)13-7-5-12(6-8-13)16-11(4)20/h5-10,19H,1-4H3,(H,16,20)(H,17,21)(H,18,22)/t10-/m0/s1. The molecule has 0 radical (unpaired) electrons. The Morgan fingerprint density at radius 1 is 0.920 bits per heavy atom. The van der Waals surface area contributed by atoms with E-state index in [9.17, 15) is 22.8 Å². The third-order valence-electron chi connectivity index (χ3n) is 3.04. The van der Waals surface area contributed by atoms with E-state index in [1.54, 1.807) is 13.8 Å². The molecule has 0 aliphatic carbocycles. The van der Waals surface area contributed by atoms with E-state index in [-0.39, 0.29) is 16.7 Å². The van der Waals surface area contributed by atoms with Crippen LogP contribution in [0.4, 0.5) is 5.69 Å². The van der Waals surface area contributed by atoms with E-state index < -0.39 is 27.9 Å². The number of benzene rings is 1. The lowest BCUT2D eigenvalue weighted by Gasteiger charge is -2.15. The zero-order valence-electron chi connectivity index (χ0n) is 14.4. The molecule has 0 saturated carbocycles. The number of hydrogen-bond donors (Lipinski definition) is 4. The molecule has 1 aromatic rings. The molecule has 9 nitrogen and oxygen atoms in total. The molecule has 3 amide bonds. The van der Waals surface area contributed by atoms with E-state index in [2.05, 4.69) is 20.9 Å². The molecule has 138 valence electrons. The average Bonchev–Trinajstić information content (AvgIpc) is 2.51. The summed E-state index contributed by atoms with van der Waals surface area (Å²) < 4.78 is 26.7. The number of hydrazine groups is 1. The van der Waals surface area contributed by atoms with Crippen molar-refractivity contribution in [3.63, 3.8) is 0 Å². The summed E-state index contributed by atoms with van der Waals surface area (Å²) in [6, 6.07) is 4.37. The summed E-state index contributed by atoms with van der Waals surface area (Å²) in [6.07, 6.45) is 0. The van der Waals surface area contributed by atoms with Crippen LogP contribution in [0.5, 0.6) is 0 Å². The van der Waals surface area contributed by atoms with Crippen LogP contribution in [0.3, 0.4) is 0 Å². The van der Waals surface area contributed by atoms with Gasteiger partial charge in [-0.15, -0.1) is 0 Å². The fraction of sp³-hybridized carbons (Fsp3) is 0.400. The van der Waals surface area contributed by atoms with Crippen LogP contribution in [-0.4, -0.2) is 32.2 Å². The first-order chi connectivity index (χ1) is 11.5. The highest BCUT2D eigenvalue weighted by molar-refractivity contribution is 7.89. The highest BCUT2D eigenvalue weighted by Crippen LogP contribution is 2.14. The van der Waals surface area contributed by atoms with Gasteiger partial charge in [0.2, 0.25) is 21.8 Å². The number of carbonyl (C=O) groups excluding carboxylic acids is 3. The molecule has 0 aromatic heterocycles. The van der Waals surface area contributed by atoms with E-state index in [1.807, 2.05) is 0 Å². The largest absolute Gasteiger partial charge is 0.326 e. The van der Waals surface area contributed by atoms with Crippen LogP contribution in [0, 0.1) is 5.92 Å². The Labute approximate surface area is 146 Å². The fourth-order valence-electron chi connectivity index (χ4n) is 1.65. The third kappa shape index (κ3) is 6.51. The van der Waals surface area contributed by atoms with Crippen molar-refractivity contribution in [1.82, 2.24) is 15.6 Å². The number of rotatable bonds is 6. The van der Waals surface area contributed by atoms with Crippen molar-refractivity contribution in [1.29, 1.82) is 0 Å². The van der Waals surface area contributed by atoms with Gasteiger partial charge in [-0.1, -0.05) is 13.8 Å². The number of sulfonamides is 1. The lowest BCUT2D eigenvalue weighted by Crippen LogP contribution is -2.51. The van der Waals surface area contributed by atoms with Crippen molar-refractivity contribution in [2.24, 2.45) is 5.92 Å². The van der Waals surface area contributed by atoms with E-state index in [1.165, 1.54) is 38.1 Å². The number of carbonyl (C=O) groups is 3. The van der Waals surface area contributed by atoms with Crippen LogP contribution in [-0.2, 0) is 24.4 Å². The van der Waals surface area contributed by atoms with Gasteiger partial charge in [0.1, 0.15) is 0 Å². The Morgan fingerprint density at radius 2 is 1.44 bits per heavy atom. The van der Waals surface area contributed by atoms with Gasteiger partial charge >= 0.3 is 0 Å². The third-order valence-corrected chi connectivity index (χ3v) is 4.60. The Bertz CT molecular complexity index is 744. The molecule has 1 aromatic carbocycles. The second-order valence-corrected chi connectivity index (χ2v) is 7.40. The summed E-state index contributed by atoms with van der Waals surface area (Å²) in [6.45, 7) is 5.99. The van der Waals surface area contributed by atoms with E-state index in [0.29, 0.717) is 5.69 Å². The Balaban J connectivity index is 2.71. The van der Waals surface area contributed by atoms with Gasteiger partial charge in [0, 0.05) is 18.5 Å². The average molecular weight is 370 g/mol. The quantitative estimate of drug-likeness (QED) is 0.528. The van der Waals surface area contributed by atoms with Gasteiger partial charge in [-0.2, -0.15) is 4.72 Å². The van der Waals surface area contributed by atoms with Gasteiger partial charge in [0.05, 0.1) is 10.9 Å². The summed E-state index contributed by atoms with van der Waals surface area (Å²) >= 11 is 0. The van der Waals surface area contributed by atoms with Crippen molar-refractivity contribution < 1.29 is 22.8 Å². The van der Waals surface area contributed by atoms with E-state index in [0.717, 1.165) is 0 Å². The smallest absolute Gasteiger partial charge is 0.256 e. The monoisotopic (exact) mass is 370 g/mol. The van der Waals surface area contributed by atoms with Gasteiger partial charge in [0.25, 0.3) is 5.91 Å². The van der Waals surface area contributed by atoms with Gasteiger partial charge in [0.15, 0.2) is 0 Å². The summed E-state index contributed by atoms with van der Waals surface area (Å²) in [4.78, 5) is 34.1. The van der Waals surface area contributed by atoms with Crippen LogP contribution >= 0.6 is 0 Å². The topological polar surface area (TPSA) is 133 Å². The molecule has 0 heterocycles. The predicted octanol–water partition coefficient (Wildman–Crippen LogP) is 0.115. The second-order valence-electron chi connectivity index (χ2n) is 5.68. The molecule has 0 saturated heterocycles. The van der Waals surface area contributed by atoms with Crippen molar-refractivity contribution in [3.05, 3.63) is 24.3 Å². The molecular weight excluding hydrogens is 348 g/mol. The Morgan fingerprint density at radius 3 is 1.92 bits per heavy atom. The predicted molar refractivity (Wildman–Crippen MR) is 91.7 cm³/mol. The molecule has 0 bridgehead atoms. The maximum absolute atomic E-state index is 12.3. The van der Waals surface area contributed by atoms with Crippen LogP contribution in [0.2, 0.25) is 0 Å². The first kappa shape index (κ1) is 20.6. The van der Waals surface area contributed by atoms with Crippen molar-refractivity contribution in [3.8, 4) is 0 Å². The van der Waals surface area contributed by atoms with Crippen LogP contribution < -0.4 is 20.9 Å². The maximum atomic E-state index is 12.3. The molecule has 1 rings (SSSR count). The summed E-state index contributed by atoms with van der Waals surface area (Å²) in [5, 5.41) is 2.52. The molecule has 0 aliphatic heterocycles. The van der Waals surface area contributed by atoms with Crippen molar-refractivity contribution in [2.45, 2.75) is 38.6 Å². The highest BCUT2D eigenvalue weighted by Gasteiger charge is 2.22. The van der Waals surface area contributed by atoms with Gasteiger partial charge in [-0.05, 0) is 31.2 Å². The van der Waals surface area contributed by atoms with Crippen LogP contribution in [0.15, 0.2) is 29.2 Å². The number of nitrogens with one attached hydrogen (secondary N) is 4. The molecule has 0 fully saturated rings. The van der Waals surface area contributed by atoms with Crippen LogP contribution in [0.25, 0.3) is 0 Å². The van der Waals surface area contributed by atoms with Crippen LogP contribution in [0.1, 0.15) is 27.7 Å². The minimum Gasteiger partial charge on any atom is -0.326 e. The first-order valence-corrected chi connectivity index (χ1v) is 9.01. The summed E-state index contributed by atoms with van der Waals surface area (Å²) in [5.41, 5.74) is 4.81.